The van der Waals surface area contributed by atoms with Gasteiger partial charge in [-0.2, -0.15) is 0 Å². The summed E-state index contributed by atoms with van der Waals surface area (Å²) in [6.07, 6.45) is 4.90. The molecular formula is C15H24N2O2S. The van der Waals surface area contributed by atoms with Gasteiger partial charge in [0, 0.05) is 11.7 Å². The fourth-order valence-corrected chi connectivity index (χ4v) is 3.44. The lowest BCUT2D eigenvalue weighted by molar-refractivity contribution is 0.253. The minimum absolute atomic E-state index is 0.465. The first-order valence-corrected chi connectivity index (χ1v) is 9.09. The Kier molecular flexibility index (Phi) is 4.58. The third-order valence-corrected chi connectivity index (χ3v) is 4.83. The Hall–Kier alpha value is -1.23. The monoisotopic (exact) mass is 296 g/mol. The van der Waals surface area contributed by atoms with Crippen molar-refractivity contribution < 1.29 is 8.42 Å². The molecule has 20 heavy (non-hydrogen) atoms. The van der Waals surface area contributed by atoms with E-state index in [1.165, 1.54) is 19.3 Å². The molecule has 0 aromatic heterocycles. The van der Waals surface area contributed by atoms with Crippen molar-refractivity contribution in [3.8, 4) is 0 Å². The Bertz CT molecular complexity index is 557. The number of rotatable bonds is 4. The zero-order chi connectivity index (χ0) is 14.8. The third kappa shape index (κ3) is 4.13. The molecule has 0 spiro atoms. The van der Waals surface area contributed by atoms with E-state index in [9.17, 15) is 8.42 Å². The van der Waals surface area contributed by atoms with E-state index in [0.717, 1.165) is 17.9 Å². The maximum Gasteiger partial charge on any atom is 0.229 e. The Morgan fingerprint density at radius 3 is 2.55 bits per heavy atom. The van der Waals surface area contributed by atoms with Crippen LogP contribution >= 0.6 is 0 Å². The van der Waals surface area contributed by atoms with Gasteiger partial charge in [0.15, 0.2) is 0 Å². The number of benzene rings is 1. The van der Waals surface area contributed by atoms with Gasteiger partial charge >= 0.3 is 0 Å². The zero-order valence-electron chi connectivity index (χ0n) is 12.4. The summed E-state index contributed by atoms with van der Waals surface area (Å²) < 4.78 is 25.0. The van der Waals surface area contributed by atoms with E-state index in [0.29, 0.717) is 17.6 Å². The minimum atomic E-state index is -3.22. The molecule has 0 saturated heterocycles. The van der Waals surface area contributed by atoms with E-state index in [1.807, 2.05) is 18.2 Å². The van der Waals surface area contributed by atoms with Gasteiger partial charge in [0.2, 0.25) is 10.0 Å². The average Bonchev–Trinajstić information content (AvgIpc) is 2.33. The van der Waals surface area contributed by atoms with E-state index in [1.54, 1.807) is 6.07 Å². The highest BCUT2D eigenvalue weighted by Gasteiger charge is 2.26. The summed E-state index contributed by atoms with van der Waals surface area (Å²) in [5.41, 5.74) is 1.58. The second-order valence-corrected chi connectivity index (χ2v) is 7.72. The van der Waals surface area contributed by atoms with Crippen LogP contribution in [0.5, 0.6) is 0 Å². The third-order valence-electron chi connectivity index (χ3n) is 4.22. The minimum Gasteiger partial charge on any atom is -0.382 e. The second kappa shape index (κ2) is 6.04. The highest BCUT2D eigenvalue weighted by molar-refractivity contribution is 7.92. The lowest BCUT2D eigenvalue weighted by Crippen LogP contribution is -2.34. The van der Waals surface area contributed by atoms with Crippen molar-refractivity contribution in [2.75, 3.05) is 16.3 Å². The molecule has 1 fully saturated rings. The molecule has 0 aliphatic heterocycles. The summed E-state index contributed by atoms with van der Waals surface area (Å²) in [4.78, 5) is 0. The maximum absolute atomic E-state index is 11.3. The Morgan fingerprint density at radius 2 is 1.85 bits per heavy atom. The highest BCUT2D eigenvalue weighted by Crippen LogP contribution is 2.32. The van der Waals surface area contributed by atoms with Crippen molar-refractivity contribution in [1.82, 2.24) is 0 Å². The number of anilines is 2. The van der Waals surface area contributed by atoms with E-state index in [4.69, 9.17) is 0 Å². The van der Waals surface area contributed by atoms with Crippen molar-refractivity contribution in [3.63, 3.8) is 0 Å². The number of hydrogen-bond donors (Lipinski definition) is 2. The van der Waals surface area contributed by atoms with Gasteiger partial charge in [-0.25, -0.2) is 8.42 Å². The van der Waals surface area contributed by atoms with Crippen molar-refractivity contribution in [3.05, 3.63) is 24.3 Å². The molecule has 1 aliphatic carbocycles. The molecule has 0 heterocycles. The number of nitrogens with one attached hydrogen (secondary N) is 2. The fraction of sp³-hybridized carbons (Fsp3) is 0.600. The Morgan fingerprint density at radius 1 is 1.15 bits per heavy atom. The van der Waals surface area contributed by atoms with Crippen LogP contribution in [0.15, 0.2) is 24.3 Å². The van der Waals surface area contributed by atoms with Crippen LogP contribution in [0.1, 0.15) is 33.1 Å². The molecule has 1 aromatic rings. The largest absolute Gasteiger partial charge is 0.382 e. The van der Waals surface area contributed by atoms with Gasteiger partial charge in [-0.1, -0.05) is 32.8 Å². The lowest BCUT2D eigenvalue weighted by atomic mass is 9.78. The molecule has 2 rings (SSSR count). The molecule has 112 valence electrons. The molecule has 5 heteroatoms. The molecule has 1 aliphatic rings. The maximum atomic E-state index is 11.3. The summed E-state index contributed by atoms with van der Waals surface area (Å²) in [7, 11) is -3.22. The highest BCUT2D eigenvalue weighted by atomic mass is 32.2. The number of hydrogen-bond acceptors (Lipinski definition) is 3. The van der Waals surface area contributed by atoms with E-state index in [-0.39, 0.29) is 0 Å². The SMILES string of the molecule is CC1CCCC(Nc2cccc(NS(C)(=O)=O)c2)C1C. The molecule has 2 N–H and O–H groups in total. The molecule has 3 unspecified atom stereocenters. The van der Waals surface area contributed by atoms with E-state index >= 15 is 0 Å². The quantitative estimate of drug-likeness (QED) is 0.896. The van der Waals surface area contributed by atoms with Crippen LogP contribution < -0.4 is 10.0 Å². The van der Waals surface area contributed by atoms with Crippen LogP contribution in [0.2, 0.25) is 0 Å². The molecule has 0 radical (unpaired) electrons. The smallest absolute Gasteiger partial charge is 0.229 e. The molecule has 0 bridgehead atoms. The summed E-state index contributed by atoms with van der Waals surface area (Å²) in [6, 6.07) is 7.94. The van der Waals surface area contributed by atoms with Crippen LogP contribution in [0.3, 0.4) is 0 Å². The first-order chi connectivity index (χ1) is 9.35. The van der Waals surface area contributed by atoms with Gasteiger partial charge < -0.3 is 5.32 Å². The first kappa shape index (κ1) is 15.2. The normalized spacial score (nSPS) is 27.1. The predicted octanol–water partition coefficient (Wildman–Crippen LogP) is 3.29. The zero-order valence-corrected chi connectivity index (χ0v) is 13.2. The summed E-state index contributed by atoms with van der Waals surface area (Å²) in [5.74, 6) is 1.37. The molecule has 3 atom stereocenters. The van der Waals surface area contributed by atoms with Crippen molar-refractivity contribution in [2.24, 2.45) is 11.8 Å². The Labute approximate surface area is 122 Å². The van der Waals surface area contributed by atoms with Crippen LogP contribution in [-0.2, 0) is 10.0 Å². The standard InChI is InChI=1S/C15H24N2O2S/c1-11-6-4-9-15(12(11)2)16-13-7-5-8-14(10-13)17-20(3,18)19/h5,7-8,10-12,15-17H,4,6,9H2,1-3H3. The van der Waals surface area contributed by atoms with Crippen LogP contribution in [0, 0.1) is 11.8 Å². The van der Waals surface area contributed by atoms with Crippen LogP contribution in [0.4, 0.5) is 11.4 Å². The van der Waals surface area contributed by atoms with Crippen LogP contribution in [0.25, 0.3) is 0 Å². The van der Waals surface area contributed by atoms with Gasteiger partial charge in [0.25, 0.3) is 0 Å². The molecule has 0 amide bonds. The van der Waals surface area contributed by atoms with E-state index < -0.39 is 10.0 Å². The molecule has 1 aromatic carbocycles. The topological polar surface area (TPSA) is 58.2 Å². The lowest BCUT2D eigenvalue weighted by Gasteiger charge is -2.35. The molecule has 4 nitrogen and oxygen atoms in total. The summed E-state index contributed by atoms with van der Waals surface area (Å²) in [5, 5.41) is 3.55. The number of sulfonamides is 1. The fourth-order valence-electron chi connectivity index (χ4n) is 2.89. The summed E-state index contributed by atoms with van der Waals surface area (Å²) >= 11 is 0. The van der Waals surface area contributed by atoms with Gasteiger partial charge in [-0.3, -0.25) is 4.72 Å². The van der Waals surface area contributed by atoms with Gasteiger partial charge in [-0.15, -0.1) is 0 Å². The Balaban J connectivity index is 2.08. The van der Waals surface area contributed by atoms with E-state index in [2.05, 4.69) is 23.9 Å². The van der Waals surface area contributed by atoms with Crippen molar-refractivity contribution >= 4 is 21.4 Å². The average molecular weight is 296 g/mol. The predicted molar refractivity (Wildman–Crippen MR) is 84.5 cm³/mol. The second-order valence-electron chi connectivity index (χ2n) is 5.97. The van der Waals surface area contributed by atoms with Crippen LogP contribution in [-0.4, -0.2) is 20.7 Å². The molecular weight excluding hydrogens is 272 g/mol. The first-order valence-electron chi connectivity index (χ1n) is 7.19. The van der Waals surface area contributed by atoms with Gasteiger partial charge in [-0.05, 0) is 36.5 Å². The molecule has 1 saturated carbocycles. The summed E-state index contributed by atoms with van der Waals surface area (Å²) in [6.45, 7) is 4.60. The van der Waals surface area contributed by atoms with Gasteiger partial charge in [0.05, 0.1) is 11.9 Å². The van der Waals surface area contributed by atoms with Crippen molar-refractivity contribution in [2.45, 2.75) is 39.2 Å². The van der Waals surface area contributed by atoms with Gasteiger partial charge in [0.1, 0.15) is 0 Å². The van der Waals surface area contributed by atoms with Crippen molar-refractivity contribution in [1.29, 1.82) is 0 Å².